The zero-order valence-corrected chi connectivity index (χ0v) is 13.7. The number of hydrogen-bond donors (Lipinski definition) is 1. The third-order valence-corrected chi connectivity index (χ3v) is 5.00. The third kappa shape index (κ3) is 3.02. The van der Waals surface area contributed by atoms with Crippen LogP contribution in [0.2, 0.25) is 0 Å². The fraction of sp³-hybridized carbons (Fsp3) is 0.350. The molecule has 24 heavy (non-hydrogen) atoms. The Bertz CT molecular complexity index is 845. The predicted octanol–water partition coefficient (Wildman–Crippen LogP) is 3.09. The van der Waals surface area contributed by atoms with Crippen molar-refractivity contribution in [1.29, 1.82) is 0 Å². The van der Waals surface area contributed by atoms with E-state index in [4.69, 9.17) is 0 Å². The molecule has 4 rings (SSSR count). The van der Waals surface area contributed by atoms with Crippen molar-refractivity contribution in [3.8, 4) is 5.75 Å². The molecule has 1 aliphatic carbocycles. The molecule has 1 aliphatic heterocycles. The van der Waals surface area contributed by atoms with Gasteiger partial charge in [0, 0.05) is 24.5 Å². The lowest BCUT2D eigenvalue weighted by atomic mass is 9.93. The van der Waals surface area contributed by atoms with Crippen LogP contribution in [0.4, 0.5) is 0 Å². The molecule has 0 saturated carbocycles. The number of allylic oxidation sites excluding steroid dienone is 1. The summed E-state index contributed by atoms with van der Waals surface area (Å²) in [5.41, 5.74) is 4.74. The van der Waals surface area contributed by atoms with E-state index in [1.807, 2.05) is 0 Å². The molecule has 1 N–H and O–H groups in total. The van der Waals surface area contributed by atoms with E-state index in [1.165, 1.54) is 48.7 Å². The highest BCUT2D eigenvalue weighted by Gasteiger charge is 2.15. The van der Waals surface area contributed by atoms with Crippen molar-refractivity contribution in [2.45, 2.75) is 32.2 Å². The van der Waals surface area contributed by atoms with Gasteiger partial charge in [0.1, 0.15) is 5.75 Å². The molecule has 0 unspecified atom stereocenters. The maximum absolute atomic E-state index is 12.1. The summed E-state index contributed by atoms with van der Waals surface area (Å²) < 4.78 is 1.63. The molecule has 0 atom stereocenters. The molecular formula is C20H22N2O2. The summed E-state index contributed by atoms with van der Waals surface area (Å²) in [5, 5.41) is 9.40. The molecule has 2 aliphatic rings. The number of rotatable bonds is 3. The first-order chi connectivity index (χ1) is 11.7. The van der Waals surface area contributed by atoms with E-state index in [0.29, 0.717) is 0 Å². The number of nitrogens with zero attached hydrogens (tertiary/aromatic N) is 2. The smallest absolute Gasteiger partial charge is 0.258 e. The van der Waals surface area contributed by atoms with Crippen LogP contribution in [0, 0.1) is 0 Å². The van der Waals surface area contributed by atoms with Gasteiger partial charge in [0.2, 0.25) is 0 Å². The summed E-state index contributed by atoms with van der Waals surface area (Å²) in [5.74, 6) is 0.0135. The summed E-state index contributed by atoms with van der Waals surface area (Å²) in [6.45, 7) is 3.47. The molecule has 4 heteroatoms. The molecule has 4 nitrogen and oxygen atoms in total. The van der Waals surface area contributed by atoms with E-state index in [2.05, 4.69) is 29.2 Å². The Balaban J connectivity index is 1.60. The van der Waals surface area contributed by atoms with Crippen LogP contribution >= 0.6 is 0 Å². The zero-order valence-electron chi connectivity index (χ0n) is 13.7. The monoisotopic (exact) mass is 322 g/mol. The van der Waals surface area contributed by atoms with Crippen LogP contribution in [0.3, 0.4) is 0 Å². The topological polar surface area (TPSA) is 45.5 Å². The lowest BCUT2D eigenvalue weighted by Gasteiger charge is -2.20. The minimum Gasteiger partial charge on any atom is -0.508 e. The van der Waals surface area contributed by atoms with Crippen molar-refractivity contribution >= 4 is 11.8 Å². The normalized spacial score (nSPS) is 17.6. The number of aromatic hydroxyl groups is 1. The van der Waals surface area contributed by atoms with E-state index < -0.39 is 0 Å². The van der Waals surface area contributed by atoms with Crippen LogP contribution in [0.1, 0.15) is 36.0 Å². The number of benzene rings is 1. The Hall–Kier alpha value is -2.33. The molecule has 0 amide bonds. The van der Waals surface area contributed by atoms with E-state index in [-0.39, 0.29) is 11.3 Å². The van der Waals surface area contributed by atoms with Crippen LogP contribution < -0.4 is 5.56 Å². The van der Waals surface area contributed by atoms with Gasteiger partial charge in [-0.25, -0.2) is 0 Å². The minimum atomic E-state index is -0.185. The Morgan fingerprint density at radius 3 is 2.67 bits per heavy atom. The average molecular weight is 322 g/mol. The van der Waals surface area contributed by atoms with Crippen molar-refractivity contribution in [2.24, 2.45) is 0 Å². The van der Waals surface area contributed by atoms with Gasteiger partial charge in [-0.2, -0.15) is 0 Å². The van der Waals surface area contributed by atoms with E-state index in [9.17, 15) is 9.90 Å². The fourth-order valence-electron chi connectivity index (χ4n) is 3.72. The summed E-state index contributed by atoms with van der Waals surface area (Å²) in [6.07, 6.45) is 8.16. The molecule has 124 valence electrons. The molecule has 0 bridgehead atoms. The predicted molar refractivity (Wildman–Crippen MR) is 95.8 cm³/mol. The Morgan fingerprint density at radius 2 is 1.88 bits per heavy atom. The first-order valence-corrected chi connectivity index (χ1v) is 8.66. The molecule has 1 aromatic carbocycles. The molecule has 2 heterocycles. The van der Waals surface area contributed by atoms with Crippen molar-refractivity contribution < 1.29 is 5.11 Å². The van der Waals surface area contributed by atoms with Crippen molar-refractivity contribution in [3.05, 3.63) is 63.6 Å². The number of hydrogen-bond acceptors (Lipinski definition) is 3. The number of likely N-dealkylation sites (tertiary alicyclic amines) is 1. The average Bonchev–Trinajstić information content (AvgIpc) is 3.07. The standard InChI is InChI=1S/C20H22N2O2/c23-19-7-10-22(20(24)13-19)18-6-5-16-11-15(3-4-17(16)12-18)14-21-8-1-2-9-21/h3-4,7,10-13,23H,1-2,5-6,8-9,14H2. The third-order valence-electron chi connectivity index (χ3n) is 5.00. The lowest BCUT2D eigenvalue weighted by Crippen LogP contribution is -2.20. The van der Waals surface area contributed by atoms with Gasteiger partial charge in [-0.1, -0.05) is 18.2 Å². The van der Waals surface area contributed by atoms with Crippen molar-refractivity contribution in [2.75, 3.05) is 13.1 Å². The van der Waals surface area contributed by atoms with Crippen molar-refractivity contribution in [1.82, 2.24) is 9.47 Å². The van der Waals surface area contributed by atoms with Crippen LogP contribution in [0.25, 0.3) is 11.8 Å². The largest absolute Gasteiger partial charge is 0.508 e. The number of aryl methyl sites for hydroxylation is 1. The highest BCUT2D eigenvalue weighted by atomic mass is 16.3. The summed E-state index contributed by atoms with van der Waals surface area (Å²) in [6, 6.07) is 9.51. The molecule has 0 spiro atoms. The van der Waals surface area contributed by atoms with Gasteiger partial charge < -0.3 is 5.11 Å². The van der Waals surface area contributed by atoms with Gasteiger partial charge in [-0.15, -0.1) is 0 Å². The molecule has 1 fully saturated rings. The molecule has 2 aromatic rings. The van der Waals surface area contributed by atoms with Crippen LogP contribution in [0.5, 0.6) is 5.75 Å². The number of aromatic nitrogens is 1. The summed E-state index contributed by atoms with van der Waals surface area (Å²) >= 11 is 0. The second kappa shape index (κ2) is 6.29. The molecule has 1 aromatic heterocycles. The van der Waals surface area contributed by atoms with Crippen LogP contribution in [-0.4, -0.2) is 27.7 Å². The Labute approximate surface area is 141 Å². The summed E-state index contributed by atoms with van der Waals surface area (Å²) in [4.78, 5) is 14.6. The SMILES string of the molecule is O=c1cc(O)ccn1C1=Cc2ccc(CN3CCCC3)cc2CC1. The highest BCUT2D eigenvalue weighted by molar-refractivity contribution is 5.75. The zero-order chi connectivity index (χ0) is 16.5. The molecule has 1 saturated heterocycles. The first kappa shape index (κ1) is 15.2. The maximum atomic E-state index is 12.1. The van der Waals surface area contributed by atoms with Gasteiger partial charge in [-0.05, 0) is 67.6 Å². The summed E-state index contributed by atoms with van der Waals surface area (Å²) in [7, 11) is 0. The lowest BCUT2D eigenvalue weighted by molar-refractivity contribution is 0.331. The van der Waals surface area contributed by atoms with Gasteiger partial charge in [0.15, 0.2) is 0 Å². The first-order valence-electron chi connectivity index (χ1n) is 8.66. The van der Waals surface area contributed by atoms with Gasteiger partial charge in [0.05, 0.1) is 0 Å². The Morgan fingerprint density at radius 1 is 1.04 bits per heavy atom. The maximum Gasteiger partial charge on any atom is 0.258 e. The molecular weight excluding hydrogens is 300 g/mol. The van der Waals surface area contributed by atoms with E-state index in [0.717, 1.165) is 25.1 Å². The number of pyridine rings is 1. The van der Waals surface area contributed by atoms with Crippen LogP contribution in [-0.2, 0) is 13.0 Å². The second-order valence-corrected chi connectivity index (χ2v) is 6.75. The van der Waals surface area contributed by atoms with E-state index >= 15 is 0 Å². The minimum absolute atomic E-state index is 0.0135. The van der Waals surface area contributed by atoms with Gasteiger partial charge >= 0.3 is 0 Å². The quantitative estimate of drug-likeness (QED) is 0.944. The van der Waals surface area contributed by atoms with Crippen LogP contribution in [0.15, 0.2) is 41.3 Å². The molecule has 0 radical (unpaired) electrons. The van der Waals surface area contributed by atoms with Crippen molar-refractivity contribution in [3.63, 3.8) is 0 Å². The van der Waals surface area contributed by atoms with Gasteiger partial charge in [0.25, 0.3) is 5.56 Å². The highest BCUT2D eigenvalue weighted by Crippen LogP contribution is 2.27. The second-order valence-electron chi connectivity index (χ2n) is 6.75. The Kier molecular flexibility index (Phi) is 3.98. The number of fused-ring (bicyclic) bond motifs is 1. The van der Waals surface area contributed by atoms with Gasteiger partial charge in [-0.3, -0.25) is 14.3 Å². The van der Waals surface area contributed by atoms with E-state index in [1.54, 1.807) is 16.8 Å². The fourth-order valence-corrected chi connectivity index (χ4v) is 3.72.